The number of nitrogens with zero attached hydrogens (tertiary/aromatic N) is 1. The molecule has 0 unspecified atom stereocenters. The van der Waals surface area contributed by atoms with E-state index in [1.54, 1.807) is 0 Å². The Kier molecular flexibility index (Phi) is 5.90. The number of amides is 2. The van der Waals surface area contributed by atoms with E-state index in [2.05, 4.69) is 0 Å². The maximum Gasteiger partial charge on any atom is 0.263 e. The molecule has 0 N–H and O–H groups in total. The van der Waals surface area contributed by atoms with Crippen molar-refractivity contribution in [1.29, 1.82) is 0 Å². The molecule has 3 nitrogen and oxygen atoms in total. The molecule has 0 radical (unpaired) electrons. The summed E-state index contributed by atoms with van der Waals surface area (Å²) in [6.45, 7) is 1.73. The van der Waals surface area contributed by atoms with E-state index in [1.165, 1.54) is 0 Å². The SMILES string of the molecule is CCCCN(C(=O)c1ccc(F)cc1F)C(=O)c1ccc(F)cc1F. The lowest BCUT2D eigenvalue weighted by atomic mass is 10.1. The minimum atomic E-state index is -1.13. The summed E-state index contributed by atoms with van der Waals surface area (Å²) >= 11 is 0. The molecule has 132 valence electrons. The first-order chi connectivity index (χ1) is 11.8. The normalized spacial score (nSPS) is 10.6. The zero-order valence-electron chi connectivity index (χ0n) is 13.4. The van der Waals surface area contributed by atoms with Crippen LogP contribution in [0.4, 0.5) is 17.6 Å². The molecule has 2 rings (SSSR count). The first kappa shape index (κ1) is 18.6. The minimum Gasteiger partial charge on any atom is -0.274 e. The first-order valence-electron chi connectivity index (χ1n) is 7.61. The Labute approximate surface area is 141 Å². The highest BCUT2D eigenvalue weighted by Crippen LogP contribution is 2.18. The molecule has 0 saturated heterocycles. The largest absolute Gasteiger partial charge is 0.274 e. The molecule has 0 bridgehead atoms. The summed E-state index contributed by atoms with van der Waals surface area (Å²) in [6, 6.07) is 4.65. The van der Waals surface area contributed by atoms with Crippen molar-refractivity contribution in [2.75, 3.05) is 6.54 Å². The van der Waals surface area contributed by atoms with Crippen LogP contribution in [0.2, 0.25) is 0 Å². The monoisotopic (exact) mass is 353 g/mol. The van der Waals surface area contributed by atoms with Crippen LogP contribution in [0.5, 0.6) is 0 Å². The summed E-state index contributed by atoms with van der Waals surface area (Å²) in [7, 11) is 0. The van der Waals surface area contributed by atoms with Crippen LogP contribution < -0.4 is 0 Å². The summed E-state index contributed by atoms with van der Waals surface area (Å²) in [5.41, 5.74) is -1.01. The van der Waals surface area contributed by atoms with Gasteiger partial charge in [0, 0.05) is 18.7 Å². The molecule has 0 aromatic heterocycles. The maximum atomic E-state index is 13.9. The molecule has 0 spiro atoms. The Morgan fingerprint density at radius 2 is 1.28 bits per heavy atom. The van der Waals surface area contributed by atoms with Gasteiger partial charge in [0.05, 0.1) is 11.1 Å². The molecule has 25 heavy (non-hydrogen) atoms. The van der Waals surface area contributed by atoms with Crippen molar-refractivity contribution >= 4 is 11.8 Å². The number of hydrogen-bond donors (Lipinski definition) is 0. The van der Waals surface area contributed by atoms with E-state index in [0.29, 0.717) is 29.9 Å². The van der Waals surface area contributed by atoms with E-state index >= 15 is 0 Å². The molecule has 0 aliphatic rings. The van der Waals surface area contributed by atoms with E-state index in [9.17, 15) is 27.2 Å². The fraction of sp³-hybridized carbons (Fsp3) is 0.222. The standard InChI is InChI=1S/C18H15F4NO2/c1-2-3-8-23(17(24)13-6-4-11(19)9-15(13)21)18(25)14-7-5-12(20)10-16(14)22/h4-7,9-10H,2-3,8H2,1H3. The molecule has 2 aromatic carbocycles. The molecule has 7 heteroatoms. The third kappa shape index (κ3) is 4.23. The van der Waals surface area contributed by atoms with Crippen molar-refractivity contribution in [3.05, 3.63) is 70.8 Å². The number of carbonyl (C=O) groups is 2. The minimum absolute atomic E-state index is 0.0815. The fourth-order valence-electron chi connectivity index (χ4n) is 2.23. The third-order valence-corrected chi connectivity index (χ3v) is 3.55. The van der Waals surface area contributed by atoms with Crippen molar-refractivity contribution in [3.8, 4) is 0 Å². The molecule has 0 saturated carbocycles. The van der Waals surface area contributed by atoms with Gasteiger partial charge in [0.2, 0.25) is 0 Å². The Morgan fingerprint density at radius 1 is 0.840 bits per heavy atom. The highest BCUT2D eigenvalue weighted by Gasteiger charge is 2.27. The number of hydrogen-bond acceptors (Lipinski definition) is 2. The number of unbranched alkanes of at least 4 members (excludes halogenated alkanes) is 1. The Hall–Kier alpha value is -2.70. The summed E-state index contributed by atoms with van der Waals surface area (Å²) in [5.74, 6) is -6.02. The van der Waals surface area contributed by atoms with Crippen LogP contribution in [0.15, 0.2) is 36.4 Å². The van der Waals surface area contributed by atoms with E-state index in [0.717, 1.165) is 24.3 Å². The summed E-state index contributed by atoms with van der Waals surface area (Å²) in [6.07, 6.45) is 1.03. The number of carbonyl (C=O) groups excluding carboxylic acids is 2. The lowest BCUT2D eigenvalue weighted by Gasteiger charge is -2.21. The first-order valence-corrected chi connectivity index (χ1v) is 7.61. The van der Waals surface area contributed by atoms with Crippen molar-refractivity contribution in [1.82, 2.24) is 4.90 Å². The van der Waals surface area contributed by atoms with Crippen LogP contribution in [-0.4, -0.2) is 23.3 Å². The number of rotatable bonds is 5. The lowest BCUT2D eigenvalue weighted by Crippen LogP contribution is -2.38. The van der Waals surface area contributed by atoms with Crippen molar-refractivity contribution in [3.63, 3.8) is 0 Å². The number of imide groups is 1. The topological polar surface area (TPSA) is 37.4 Å². The zero-order valence-corrected chi connectivity index (χ0v) is 13.4. The van der Waals surface area contributed by atoms with Gasteiger partial charge in [-0.1, -0.05) is 13.3 Å². The molecule has 0 fully saturated rings. The summed E-state index contributed by atoms with van der Waals surface area (Å²) in [4.78, 5) is 25.7. The maximum absolute atomic E-state index is 13.9. The Morgan fingerprint density at radius 3 is 1.64 bits per heavy atom. The van der Waals surface area contributed by atoms with Crippen molar-refractivity contribution in [2.45, 2.75) is 19.8 Å². The molecule has 0 aliphatic carbocycles. The van der Waals surface area contributed by atoms with Crippen LogP contribution >= 0.6 is 0 Å². The molecule has 0 atom stereocenters. The van der Waals surface area contributed by atoms with E-state index in [4.69, 9.17) is 0 Å². The molecule has 0 heterocycles. The number of benzene rings is 2. The van der Waals surface area contributed by atoms with Gasteiger partial charge in [-0.15, -0.1) is 0 Å². The van der Waals surface area contributed by atoms with Gasteiger partial charge in [-0.05, 0) is 30.7 Å². The Bertz CT molecular complexity index is 744. The molecular formula is C18H15F4NO2. The van der Waals surface area contributed by atoms with Gasteiger partial charge in [0.25, 0.3) is 11.8 Å². The Balaban J connectivity index is 2.40. The molecular weight excluding hydrogens is 338 g/mol. The van der Waals surface area contributed by atoms with Gasteiger partial charge in [-0.3, -0.25) is 14.5 Å². The van der Waals surface area contributed by atoms with Gasteiger partial charge in [0.1, 0.15) is 23.3 Å². The fourth-order valence-corrected chi connectivity index (χ4v) is 2.23. The van der Waals surface area contributed by atoms with Gasteiger partial charge in [0.15, 0.2) is 0 Å². The molecule has 2 aromatic rings. The van der Waals surface area contributed by atoms with Crippen LogP contribution in [0, 0.1) is 23.3 Å². The van der Waals surface area contributed by atoms with Crippen molar-refractivity contribution < 1.29 is 27.2 Å². The zero-order chi connectivity index (χ0) is 18.6. The van der Waals surface area contributed by atoms with Gasteiger partial charge in [-0.25, -0.2) is 17.6 Å². The van der Waals surface area contributed by atoms with Gasteiger partial charge < -0.3 is 0 Å². The second kappa shape index (κ2) is 7.92. The van der Waals surface area contributed by atoms with E-state index < -0.39 is 46.2 Å². The third-order valence-electron chi connectivity index (χ3n) is 3.55. The van der Waals surface area contributed by atoms with Crippen LogP contribution in [0.25, 0.3) is 0 Å². The van der Waals surface area contributed by atoms with Gasteiger partial charge >= 0.3 is 0 Å². The van der Waals surface area contributed by atoms with E-state index in [-0.39, 0.29) is 6.54 Å². The number of halogens is 4. The second-order valence-corrected chi connectivity index (χ2v) is 5.36. The molecule has 0 aliphatic heterocycles. The summed E-state index contributed by atoms with van der Waals surface area (Å²) < 4.78 is 53.7. The lowest BCUT2D eigenvalue weighted by molar-refractivity contribution is 0.0609. The highest BCUT2D eigenvalue weighted by molar-refractivity contribution is 6.10. The van der Waals surface area contributed by atoms with Crippen LogP contribution in [-0.2, 0) is 0 Å². The van der Waals surface area contributed by atoms with Crippen LogP contribution in [0.1, 0.15) is 40.5 Å². The average Bonchev–Trinajstić information content (AvgIpc) is 2.54. The second-order valence-electron chi connectivity index (χ2n) is 5.36. The van der Waals surface area contributed by atoms with Gasteiger partial charge in [-0.2, -0.15) is 0 Å². The van der Waals surface area contributed by atoms with Crippen LogP contribution in [0.3, 0.4) is 0 Å². The smallest absolute Gasteiger partial charge is 0.263 e. The highest BCUT2D eigenvalue weighted by atomic mass is 19.1. The average molecular weight is 353 g/mol. The molecule has 2 amide bonds. The predicted octanol–water partition coefficient (Wildman–Crippen LogP) is 4.33. The van der Waals surface area contributed by atoms with E-state index in [1.807, 2.05) is 6.92 Å². The summed E-state index contributed by atoms with van der Waals surface area (Å²) in [5, 5.41) is 0. The van der Waals surface area contributed by atoms with Crippen molar-refractivity contribution in [2.24, 2.45) is 0 Å². The quantitative estimate of drug-likeness (QED) is 0.593. The predicted molar refractivity (Wildman–Crippen MR) is 83.0 cm³/mol.